The number of carbonyl (C=O) groups is 1. The van der Waals surface area contributed by atoms with E-state index in [2.05, 4.69) is 31.3 Å². The molecular weight excluding hydrogens is 308 g/mol. The molecule has 2 rings (SSSR count). The first kappa shape index (κ1) is 13.7. The molecule has 0 aliphatic rings. The van der Waals surface area contributed by atoms with Crippen molar-refractivity contribution in [2.24, 2.45) is 0 Å². The predicted octanol–water partition coefficient (Wildman–Crippen LogP) is 2.17. The van der Waals surface area contributed by atoms with Crippen LogP contribution in [-0.4, -0.2) is 26.7 Å². The fourth-order valence-corrected chi connectivity index (χ4v) is 2.44. The lowest BCUT2D eigenvalue weighted by Crippen LogP contribution is -2.35. The van der Waals surface area contributed by atoms with Crippen LogP contribution in [0.15, 0.2) is 35.3 Å². The second-order valence-electron chi connectivity index (χ2n) is 4.51. The SMILES string of the molecule is Cc1cc(Br)cc(C(=O)N[C@H](C)Cn2cncn2)c1. The average molecular weight is 323 g/mol. The van der Waals surface area contributed by atoms with Crippen LogP contribution in [-0.2, 0) is 6.54 Å². The van der Waals surface area contributed by atoms with Gasteiger partial charge in [0.2, 0.25) is 0 Å². The average Bonchev–Trinajstić information content (AvgIpc) is 2.80. The van der Waals surface area contributed by atoms with Gasteiger partial charge in [0.1, 0.15) is 12.7 Å². The summed E-state index contributed by atoms with van der Waals surface area (Å²) in [6.45, 7) is 4.49. The van der Waals surface area contributed by atoms with E-state index >= 15 is 0 Å². The molecule has 0 saturated heterocycles. The van der Waals surface area contributed by atoms with Crippen LogP contribution in [0, 0.1) is 6.92 Å². The molecule has 1 aromatic heterocycles. The van der Waals surface area contributed by atoms with Gasteiger partial charge in [0.05, 0.1) is 6.54 Å². The van der Waals surface area contributed by atoms with Crippen LogP contribution in [0.2, 0.25) is 0 Å². The van der Waals surface area contributed by atoms with E-state index in [0.29, 0.717) is 12.1 Å². The van der Waals surface area contributed by atoms with Crippen molar-refractivity contribution in [1.82, 2.24) is 20.1 Å². The largest absolute Gasteiger partial charge is 0.348 e. The molecule has 100 valence electrons. The van der Waals surface area contributed by atoms with Crippen molar-refractivity contribution in [1.29, 1.82) is 0 Å². The fraction of sp³-hybridized carbons (Fsp3) is 0.308. The summed E-state index contributed by atoms with van der Waals surface area (Å²) in [5.74, 6) is -0.0861. The van der Waals surface area contributed by atoms with Crippen LogP contribution in [0.5, 0.6) is 0 Å². The van der Waals surface area contributed by atoms with Gasteiger partial charge in [0.15, 0.2) is 0 Å². The third kappa shape index (κ3) is 3.89. The molecule has 1 heterocycles. The number of rotatable bonds is 4. The highest BCUT2D eigenvalue weighted by Gasteiger charge is 2.11. The first-order valence-corrected chi connectivity index (χ1v) is 6.74. The van der Waals surface area contributed by atoms with Crippen LogP contribution >= 0.6 is 15.9 Å². The summed E-state index contributed by atoms with van der Waals surface area (Å²) in [4.78, 5) is 16.0. The van der Waals surface area contributed by atoms with Gasteiger partial charge >= 0.3 is 0 Å². The topological polar surface area (TPSA) is 59.8 Å². The molecular formula is C13H15BrN4O. The van der Waals surface area contributed by atoms with Crippen molar-refractivity contribution in [3.63, 3.8) is 0 Å². The Morgan fingerprint density at radius 3 is 2.89 bits per heavy atom. The van der Waals surface area contributed by atoms with Gasteiger partial charge in [0, 0.05) is 16.1 Å². The zero-order chi connectivity index (χ0) is 13.8. The predicted molar refractivity (Wildman–Crippen MR) is 75.8 cm³/mol. The van der Waals surface area contributed by atoms with E-state index in [1.807, 2.05) is 32.0 Å². The van der Waals surface area contributed by atoms with E-state index in [4.69, 9.17) is 0 Å². The molecule has 19 heavy (non-hydrogen) atoms. The molecule has 0 fully saturated rings. The Morgan fingerprint density at radius 2 is 2.26 bits per heavy atom. The Morgan fingerprint density at radius 1 is 1.47 bits per heavy atom. The van der Waals surface area contributed by atoms with Crippen LogP contribution in [0.25, 0.3) is 0 Å². The molecule has 1 N–H and O–H groups in total. The van der Waals surface area contributed by atoms with E-state index in [0.717, 1.165) is 10.0 Å². The minimum atomic E-state index is -0.0861. The van der Waals surface area contributed by atoms with Gasteiger partial charge in [-0.3, -0.25) is 9.48 Å². The van der Waals surface area contributed by atoms with Crippen molar-refractivity contribution in [2.45, 2.75) is 26.4 Å². The van der Waals surface area contributed by atoms with Crippen LogP contribution in [0.4, 0.5) is 0 Å². The molecule has 0 unspecified atom stereocenters. The van der Waals surface area contributed by atoms with Crippen LogP contribution < -0.4 is 5.32 Å². The third-order valence-corrected chi connectivity index (χ3v) is 3.07. The van der Waals surface area contributed by atoms with Gasteiger partial charge < -0.3 is 5.32 Å². The van der Waals surface area contributed by atoms with E-state index in [1.165, 1.54) is 6.33 Å². The highest BCUT2D eigenvalue weighted by atomic mass is 79.9. The monoisotopic (exact) mass is 322 g/mol. The summed E-state index contributed by atoms with van der Waals surface area (Å²) in [5.41, 5.74) is 1.70. The minimum absolute atomic E-state index is 0.0199. The Balaban J connectivity index is 2.00. The molecule has 0 aliphatic carbocycles. The molecule has 5 nitrogen and oxygen atoms in total. The van der Waals surface area contributed by atoms with Crippen molar-refractivity contribution in [2.75, 3.05) is 0 Å². The Labute approximate surface area is 120 Å². The highest BCUT2D eigenvalue weighted by molar-refractivity contribution is 9.10. The van der Waals surface area contributed by atoms with E-state index in [1.54, 1.807) is 11.0 Å². The molecule has 1 atom stereocenters. The van der Waals surface area contributed by atoms with Gasteiger partial charge in [-0.25, -0.2) is 4.98 Å². The van der Waals surface area contributed by atoms with Crippen molar-refractivity contribution in [3.05, 3.63) is 46.5 Å². The zero-order valence-corrected chi connectivity index (χ0v) is 12.4. The number of aryl methyl sites for hydroxylation is 1. The molecule has 1 amide bonds. The maximum Gasteiger partial charge on any atom is 0.251 e. The number of hydrogen-bond acceptors (Lipinski definition) is 3. The lowest BCUT2D eigenvalue weighted by atomic mass is 10.1. The molecule has 0 aliphatic heterocycles. The first-order chi connectivity index (χ1) is 9.04. The lowest BCUT2D eigenvalue weighted by molar-refractivity contribution is 0.0936. The van der Waals surface area contributed by atoms with Gasteiger partial charge in [0.25, 0.3) is 5.91 Å². The number of hydrogen-bond donors (Lipinski definition) is 1. The molecule has 6 heteroatoms. The van der Waals surface area contributed by atoms with E-state index < -0.39 is 0 Å². The first-order valence-electron chi connectivity index (χ1n) is 5.95. The van der Waals surface area contributed by atoms with Crippen LogP contribution in [0.1, 0.15) is 22.8 Å². The van der Waals surface area contributed by atoms with E-state index in [9.17, 15) is 4.79 Å². The van der Waals surface area contributed by atoms with Gasteiger partial charge in [-0.1, -0.05) is 15.9 Å². The summed E-state index contributed by atoms with van der Waals surface area (Å²) in [6, 6.07) is 5.62. The van der Waals surface area contributed by atoms with Gasteiger partial charge in [-0.2, -0.15) is 5.10 Å². The van der Waals surface area contributed by atoms with Crippen molar-refractivity contribution >= 4 is 21.8 Å². The number of halogens is 1. The number of nitrogens with one attached hydrogen (secondary N) is 1. The summed E-state index contributed by atoms with van der Waals surface area (Å²) in [5, 5.41) is 6.95. The standard InChI is InChI=1S/C13H15BrN4O/c1-9-3-11(5-12(14)4-9)13(19)17-10(2)6-18-8-15-7-16-18/h3-5,7-8,10H,6H2,1-2H3,(H,17,19)/t10-/m1/s1. The highest BCUT2D eigenvalue weighted by Crippen LogP contribution is 2.15. The second-order valence-corrected chi connectivity index (χ2v) is 5.42. The third-order valence-electron chi connectivity index (χ3n) is 2.61. The maximum atomic E-state index is 12.1. The van der Waals surface area contributed by atoms with Gasteiger partial charge in [-0.15, -0.1) is 0 Å². The fourth-order valence-electron chi connectivity index (χ4n) is 1.83. The summed E-state index contributed by atoms with van der Waals surface area (Å²) in [6.07, 6.45) is 3.11. The van der Waals surface area contributed by atoms with E-state index in [-0.39, 0.29) is 11.9 Å². The van der Waals surface area contributed by atoms with Crippen molar-refractivity contribution < 1.29 is 4.79 Å². The zero-order valence-electron chi connectivity index (χ0n) is 10.8. The smallest absolute Gasteiger partial charge is 0.251 e. The number of nitrogens with zero attached hydrogens (tertiary/aromatic N) is 3. The number of amides is 1. The Hall–Kier alpha value is -1.69. The van der Waals surface area contributed by atoms with Crippen molar-refractivity contribution in [3.8, 4) is 0 Å². The van der Waals surface area contributed by atoms with Crippen LogP contribution in [0.3, 0.4) is 0 Å². The lowest BCUT2D eigenvalue weighted by Gasteiger charge is -2.14. The number of benzene rings is 1. The maximum absolute atomic E-state index is 12.1. The molecule has 0 bridgehead atoms. The molecule has 0 radical (unpaired) electrons. The Kier molecular flexibility index (Phi) is 4.31. The van der Waals surface area contributed by atoms with Gasteiger partial charge in [-0.05, 0) is 37.6 Å². The second kappa shape index (κ2) is 5.97. The Bertz CT molecular complexity index is 548. The number of carbonyl (C=O) groups excluding carboxylic acids is 1. The summed E-state index contributed by atoms with van der Waals surface area (Å²) >= 11 is 3.39. The minimum Gasteiger partial charge on any atom is -0.348 e. The molecule has 1 aromatic carbocycles. The molecule has 2 aromatic rings. The summed E-state index contributed by atoms with van der Waals surface area (Å²) in [7, 11) is 0. The number of aromatic nitrogens is 3. The molecule has 0 saturated carbocycles. The quantitative estimate of drug-likeness (QED) is 0.938. The summed E-state index contributed by atoms with van der Waals surface area (Å²) < 4.78 is 2.60. The molecule has 0 spiro atoms. The normalized spacial score (nSPS) is 12.2.